The summed E-state index contributed by atoms with van der Waals surface area (Å²) in [7, 11) is 0. The zero-order chi connectivity index (χ0) is 28.1. The van der Waals surface area contributed by atoms with E-state index in [9.17, 15) is 9.59 Å². The Labute approximate surface area is 233 Å². The van der Waals surface area contributed by atoms with Gasteiger partial charge in [0.05, 0.1) is 18.8 Å². The molecule has 3 aromatic rings. The van der Waals surface area contributed by atoms with Crippen molar-refractivity contribution in [1.82, 2.24) is 20.5 Å². The number of aromatic nitrogens is 1. The third-order valence-corrected chi connectivity index (χ3v) is 7.02. The fourth-order valence-electron chi connectivity index (χ4n) is 4.76. The van der Waals surface area contributed by atoms with Crippen molar-refractivity contribution in [2.75, 3.05) is 26.2 Å². The van der Waals surface area contributed by atoms with Crippen LogP contribution in [0, 0.1) is 5.41 Å². The highest BCUT2D eigenvalue weighted by atomic mass is 16.6. The molecule has 3 heterocycles. The Hall–Kier alpha value is -4.66. The maximum absolute atomic E-state index is 13.6. The molecule has 2 amide bonds. The van der Waals surface area contributed by atoms with Crippen LogP contribution in [0.25, 0.3) is 5.57 Å². The lowest BCUT2D eigenvalue weighted by atomic mass is 9.93. The van der Waals surface area contributed by atoms with Crippen LogP contribution in [-0.4, -0.2) is 59.9 Å². The maximum atomic E-state index is 13.6. The van der Waals surface area contributed by atoms with Crippen molar-refractivity contribution in [2.24, 2.45) is 0 Å². The lowest BCUT2D eigenvalue weighted by Crippen LogP contribution is -2.50. The standard InChI is InChI=1S/C31H33N5O4/c1-20(2)22-5-3-21(4-6-22)19-39-25-9-7-23(8-10-25)27(28(32)24-11-13-33-14-12-24)29-30(37)36(16-15-34-29)18-26-17-35-31(38)40-26/h3-14,20,26,32,34H,15-19H2,1-2H3,(H,35,38)/b29-27-,32-28?. The highest BCUT2D eigenvalue weighted by Gasteiger charge is 2.32. The number of hydrogen-bond donors (Lipinski definition) is 3. The van der Waals surface area contributed by atoms with Crippen LogP contribution in [-0.2, 0) is 16.1 Å². The average Bonchev–Trinajstić information content (AvgIpc) is 3.39. The number of nitrogens with one attached hydrogen (secondary N) is 3. The van der Waals surface area contributed by atoms with Gasteiger partial charge in [0.15, 0.2) is 0 Å². The Bertz CT molecular complexity index is 1400. The minimum atomic E-state index is -0.474. The fourth-order valence-corrected chi connectivity index (χ4v) is 4.76. The molecule has 2 aliphatic rings. The highest BCUT2D eigenvalue weighted by Crippen LogP contribution is 2.27. The number of rotatable bonds is 9. The van der Waals surface area contributed by atoms with E-state index in [1.54, 1.807) is 29.4 Å². The molecule has 3 N–H and O–H groups in total. The minimum Gasteiger partial charge on any atom is -0.489 e. The van der Waals surface area contributed by atoms with Crippen LogP contribution in [0.15, 0.2) is 78.8 Å². The second-order valence-electron chi connectivity index (χ2n) is 10.2. The first-order chi connectivity index (χ1) is 19.4. The smallest absolute Gasteiger partial charge is 0.407 e. The Morgan fingerprint density at radius 3 is 2.40 bits per heavy atom. The van der Waals surface area contributed by atoms with Crippen LogP contribution in [0.3, 0.4) is 0 Å². The largest absolute Gasteiger partial charge is 0.489 e. The van der Waals surface area contributed by atoms with E-state index in [4.69, 9.17) is 14.9 Å². The third-order valence-electron chi connectivity index (χ3n) is 7.02. The molecule has 9 nitrogen and oxygen atoms in total. The second kappa shape index (κ2) is 12.0. The SMILES string of the molecule is CC(C)c1ccc(COc2ccc(/C(C(=N)c3ccncc3)=C3/NCCN(CC4CNC(=O)O4)C3=O)cc2)cc1. The Kier molecular flexibility index (Phi) is 8.10. The number of hydrogen-bond acceptors (Lipinski definition) is 7. The van der Waals surface area contributed by atoms with Crippen LogP contribution in [0.5, 0.6) is 5.75 Å². The molecular formula is C31H33N5O4. The number of pyridine rings is 1. The predicted octanol–water partition coefficient (Wildman–Crippen LogP) is 4.10. The van der Waals surface area contributed by atoms with Gasteiger partial charge in [0.25, 0.3) is 5.91 Å². The topological polar surface area (TPSA) is 117 Å². The molecule has 1 atom stereocenters. The quantitative estimate of drug-likeness (QED) is 0.278. The summed E-state index contributed by atoms with van der Waals surface area (Å²) in [5.74, 6) is 0.927. The number of ether oxygens (including phenoxy) is 2. The first-order valence-electron chi connectivity index (χ1n) is 13.4. The van der Waals surface area contributed by atoms with Gasteiger partial charge in [-0.05, 0) is 46.9 Å². The van der Waals surface area contributed by atoms with Crippen LogP contribution in [0.1, 0.15) is 42.0 Å². The van der Waals surface area contributed by atoms with E-state index in [1.807, 2.05) is 24.3 Å². The van der Waals surface area contributed by atoms with Crippen molar-refractivity contribution in [3.8, 4) is 5.75 Å². The molecule has 0 radical (unpaired) electrons. The number of amides is 2. The number of nitrogens with zero attached hydrogens (tertiary/aromatic N) is 2. The highest BCUT2D eigenvalue weighted by molar-refractivity contribution is 6.34. The number of carbonyl (C=O) groups is 2. The van der Waals surface area contributed by atoms with E-state index < -0.39 is 12.2 Å². The van der Waals surface area contributed by atoms with Gasteiger partial charge in [-0.15, -0.1) is 0 Å². The number of cyclic esters (lactones) is 1. The van der Waals surface area contributed by atoms with E-state index in [1.165, 1.54) is 5.56 Å². The van der Waals surface area contributed by atoms with Gasteiger partial charge in [-0.1, -0.05) is 50.2 Å². The maximum Gasteiger partial charge on any atom is 0.407 e. The molecule has 40 heavy (non-hydrogen) atoms. The summed E-state index contributed by atoms with van der Waals surface area (Å²) in [4.78, 5) is 30.9. The molecule has 2 fully saturated rings. The molecule has 1 unspecified atom stereocenters. The lowest BCUT2D eigenvalue weighted by Gasteiger charge is -2.32. The molecule has 0 saturated carbocycles. The molecule has 5 rings (SSSR count). The van der Waals surface area contributed by atoms with E-state index in [-0.39, 0.29) is 18.2 Å². The van der Waals surface area contributed by atoms with Crippen molar-refractivity contribution < 1.29 is 19.1 Å². The van der Waals surface area contributed by atoms with Crippen LogP contribution in [0.2, 0.25) is 0 Å². The molecule has 0 spiro atoms. The van der Waals surface area contributed by atoms with Crippen molar-refractivity contribution >= 4 is 23.3 Å². The van der Waals surface area contributed by atoms with Gasteiger partial charge in [-0.2, -0.15) is 0 Å². The van der Waals surface area contributed by atoms with Gasteiger partial charge >= 0.3 is 6.09 Å². The zero-order valence-corrected chi connectivity index (χ0v) is 22.6. The minimum absolute atomic E-state index is 0.202. The first kappa shape index (κ1) is 26.9. The van der Waals surface area contributed by atoms with Crippen molar-refractivity contribution in [1.29, 1.82) is 5.41 Å². The second-order valence-corrected chi connectivity index (χ2v) is 10.2. The lowest BCUT2D eigenvalue weighted by molar-refractivity contribution is -0.129. The molecule has 9 heteroatoms. The normalized spacial score (nSPS) is 18.2. The van der Waals surface area contributed by atoms with Gasteiger partial charge in [0.2, 0.25) is 0 Å². The zero-order valence-electron chi connectivity index (χ0n) is 22.6. The van der Waals surface area contributed by atoms with Crippen LogP contribution >= 0.6 is 0 Å². The van der Waals surface area contributed by atoms with Gasteiger partial charge in [-0.25, -0.2) is 4.79 Å². The van der Waals surface area contributed by atoms with Crippen LogP contribution in [0.4, 0.5) is 4.79 Å². The summed E-state index contributed by atoms with van der Waals surface area (Å²) >= 11 is 0. The number of benzene rings is 2. The number of allylic oxidation sites excluding steroid dienone is 1. The summed E-state index contributed by atoms with van der Waals surface area (Å²) in [6.07, 6.45) is 2.37. The number of alkyl carbamates (subject to hydrolysis) is 1. The van der Waals surface area contributed by atoms with Gasteiger partial charge in [0, 0.05) is 36.6 Å². The van der Waals surface area contributed by atoms with Crippen LogP contribution < -0.4 is 15.4 Å². The summed E-state index contributed by atoms with van der Waals surface area (Å²) in [5, 5.41) is 14.9. The molecule has 2 saturated heterocycles. The molecule has 206 valence electrons. The fraction of sp³-hybridized carbons (Fsp3) is 0.290. The summed E-state index contributed by atoms with van der Waals surface area (Å²) in [6.45, 7) is 6.40. The monoisotopic (exact) mass is 539 g/mol. The molecule has 1 aromatic heterocycles. The van der Waals surface area contributed by atoms with E-state index >= 15 is 0 Å². The average molecular weight is 540 g/mol. The van der Waals surface area contributed by atoms with Crippen molar-refractivity contribution in [2.45, 2.75) is 32.5 Å². The molecule has 2 aliphatic heterocycles. The van der Waals surface area contributed by atoms with Crippen molar-refractivity contribution in [3.63, 3.8) is 0 Å². The van der Waals surface area contributed by atoms with Gasteiger partial charge in [0.1, 0.15) is 24.2 Å². The molecule has 0 bridgehead atoms. The summed E-state index contributed by atoms with van der Waals surface area (Å²) in [5.41, 5.74) is 4.74. The third kappa shape index (κ3) is 6.14. The van der Waals surface area contributed by atoms with Gasteiger partial charge < -0.3 is 25.0 Å². The summed E-state index contributed by atoms with van der Waals surface area (Å²) in [6, 6.07) is 19.4. The predicted molar refractivity (Wildman–Crippen MR) is 152 cm³/mol. The molecular weight excluding hydrogens is 506 g/mol. The van der Waals surface area contributed by atoms with E-state index in [2.05, 4.69) is 53.7 Å². The summed E-state index contributed by atoms with van der Waals surface area (Å²) < 4.78 is 11.3. The first-order valence-corrected chi connectivity index (χ1v) is 13.4. The molecule has 2 aromatic carbocycles. The van der Waals surface area contributed by atoms with Crippen molar-refractivity contribution in [3.05, 3.63) is 101 Å². The Morgan fingerprint density at radius 2 is 1.75 bits per heavy atom. The number of carbonyl (C=O) groups excluding carboxylic acids is 2. The van der Waals surface area contributed by atoms with Gasteiger partial charge in [-0.3, -0.25) is 15.2 Å². The van der Waals surface area contributed by atoms with E-state index in [0.29, 0.717) is 60.3 Å². The molecule has 0 aliphatic carbocycles. The van der Waals surface area contributed by atoms with E-state index in [0.717, 1.165) is 5.56 Å². The Balaban J connectivity index is 1.39. The Morgan fingerprint density at radius 1 is 1.02 bits per heavy atom. The number of piperazine rings is 1.